The van der Waals surface area contributed by atoms with Gasteiger partial charge in [-0.2, -0.15) is 0 Å². The Kier molecular flexibility index (Phi) is 6.52. The molecule has 0 aliphatic carbocycles. The molecule has 4 nitrogen and oxygen atoms in total. The second-order valence-corrected chi connectivity index (χ2v) is 6.51. The lowest BCUT2D eigenvalue weighted by molar-refractivity contribution is -0.0122. The van der Waals surface area contributed by atoms with Crippen molar-refractivity contribution in [2.75, 3.05) is 31.2 Å². The van der Waals surface area contributed by atoms with Crippen LogP contribution >= 0.6 is 0 Å². The van der Waals surface area contributed by atoms with Crippen molar-refractivity contribution in [2.45, 2.75) is 45.8 Å². The Hall–Kier alpha value is -1.26. The predicted octanol–water partition coefficient (Wildman–Crippen LogP) is 3.09. The van der Waals surface area contributed by atoms with E-state index >= 15 is 0 Å². The highest BCUT2D eigenvalue weighted by molar-refractivity contribution is 5.58. The molecule has 1 saturated heterocycles. The summed E-state index contributed by atoms with van der Waals surface area (Å²) in [6.45, 7) is 8.92. The first-order chi connectivity index (χ1) is 10.6. The maximum atomic E-state index is 9.94. The molecule has 0 spiro atoms. The van der Waals surface area contributed by atoms with E-state index in [-0.39, 0.29) is 12.7 Å². The fraction of sp³-hybridized carbons (Fsp3) is 0.667. The summed E-state index contributed by atoms with van der Waals surface area (Å²) < 4.78 is 11.3. The third-order valence-electron chi connectivity index (χ3n) is 3.92. The molecule has 0 saturated carbocycles. The van der Waals surface area contributed by atoms with Gasteiger partial charge in [-0.05, 0) is 44.7 Å². The van der Waals surface area contributed by atoms with Crippen LogP contribution in [0.2, 0.25) is 0 Å². The van der Waals surface area contributed by atoms with Crippen molar-refractivity contribution in [1.82, 2.24) is 0 Å². The first-order valence-electron chi connectivity index (χ1n) is 8.32. The third-order valence-corrected chi connectivity index (χ3v) is 3.92. The Morgan fingerprint density at radius 2 is 2.05 bits per heavy atom. The number of anilines is 1. The first-order valence-corrected chi connectivity index (χ1v) is 8.32. The van der Waals surface area contributed by atoms with Crippen LogP contribution in [-0.4, -0.2) is 43.6 Å². The second-order valence-electron chi connectivity index (χ2n) is 6.51. The monoisotopic (exact) mass is 307 g/mol. The van der Waals surface area contributed by atoms with Gasteiger partial charge in [0.25, 0.3) is 0 Å². The van der Waals surface area contributed by atoms with Crippen molar-refractivity contribution in [3.8, 4) is 5.75 Å². The SMILES string of the molecule is CC1CCCN(c2ccccc2OCC(O)COC(C)C)C1. The average molecular weight is 307 g/mol. The maximum Gasteiger partial charge on any atom is 0.142 e. The van der Waals surface area contributed by atoms with Gasteiger partial charge in [0.05, 0.1) is 18.4 Å². The number of ether oxygens (including phenoxy) is 2. The van der Waals surface area contributed by atoms with E-state index in [0.717, 1.165) is 24.5 Å². The van der Waals surface area contributed by atoms with Gasteiger partial charge in [-0.25, -0.2) is 0 Å². The van der Waals surface area contributed by atoms with Crippen LogP contribution in [-0.2, 0) is 4.74 Å². The van der Waals surface area contributed by atoms with E-state index in [1.54, 1.807) is 0 Å². The number of aliphatic hydroxyl groups excluding tert-OH is 1. The highest BCUT2D eigenvalue weighted by atomic mass is 16.5. The summed E-state index contributed by atoms with van der Waals surface area (Å²) in [5, 5.41) is 9.94. The number of hydrogen-bond donors (Lipinski definition) is 1. The quantitative estimate of drug-likeness (QED) is 0.840. The first kappa shape index (κ1) is 17.1. The summed E-state index contributed by atoms with van der Waals surface area (Å²) in [6, 6.07) is 8.10. The van der Waals surface area contributed by atoms with Crippen LogP contribution in [0.25, 0.3) is 0 Å². The largest absolute Gasteiger partial charge is 0.489 e. The van der Waals surface area contributed by atoms with E-state index in [1.165, 1.54) is 12.8 Å². The fourth-order valence-corrected chi connectivity index (χ4v) is 2.79. The van der Waals surface area contributed by atoms with Crippen molar-refractivity contribution >= 4 is 5.69 Å². The molecule has 1 fully saturated rings. The lowest BCUT2D eigenvalue weighted by Crippen LogP contribution is -2.34. The van der Waals surface area contributed by atoms with E-state index in [1.807, 2.05) is 32.0 Å². The topological polar surface area (TPSA) is 41.9 Å². The van der Waals surface area contributed by atoms with Crippen LogP contribution in [0.5, 0.6) is 5.75 Å². The molecule has 1 aromatic rings. The fourth-order valence-electron chi connectivity index (χ4n) is 2.79. The number of nitrogens with zero attached hydrogens (tertiary/aromatic N) is 1. The molecule has 2 rings (SSSR count). The molecule has 0 aromatic heterocycles. The van der Waals surface area contributed by atoms with Gasteiger partial charge in [0.2, 0.25) is 0 Å². The van der Waals surface area contributed by atoms with E-state index < -0.39 is 6.10 Å². The molecule has 22 heavy (non-hydrogen) atoms. The molecular formula is C18H29NO3. The molecule has 124 valence electrons. The number of piperidine rings is 1. The van der Waals surface area contributed by atoms with E-state index in [9.17, 15) is 5.11 Å². The van der Waals surface area contributed by atoms with E-state index in [2.05, 4.69) is 17.9 Å². The number of aliphatic hydroxyl groups is 1. The number of para-hydroxylation sites is 2. The Morgan fingerprint density at radius 3 is 2.77 bits per heavy atom. The highest BCUT2D eigenvalue weighted by Gasteiger charge is 2.19. The number of benzene rings is 1. The van der Waals surface area contributed by atoms with Crippen molar-refractivity contribution < 1.29 is 14.6 Å². The van der Waals surface area contributed by atoms with Gasteiger partial charge in [0.1, 0.15) is 18.5 Å². The van der Waals surface area contributed by atoms with Gasteiger partial charge in [0.15, 0.2) is 0 Å². The zero-order valence-corrected chi connectivity index (χ0v) is 14.0. The summed E-state index contributed by atoms with van der Waals surface area (Å²) >= 11 is 0. The standard InChI is InChI=1S/C18H29NO3/c1-14(2)21-12-16(20)13-22-18-9-5-4-8-17(18)19-10-6-7-15(3)11-19/h4-5,8-9,14-16,20H,6-7,10-13H2,1-3H3. The lowest BCUT2D eigenvalue weighted by Gasteiger charge is -2.33. The highest BCUT2D eigenvalue weighted by Crippen LogP contribution is 2.31. The molecule has 1 N–H and O–H groups in total. The molecule has 1 aliphatic heterocycles. The zero-order chi connectivity index (χ0) is 15.9. The van der Waals surface area contributed by atoms with Crippen LogP contribution in [0.15, 0.2) is 24.3 Å². The van der Waals surface area contributed by atoms with Crippen molar-refractivity contribution in [3.63, 3.8) is 0 Å². The van der Waals surface area contributed by atoms with Crippen molar-refractivity contribution in [2.24, 2.45) is 5.92 Å². The van der Waals surface area contributed by atoms with E-state index in [0.29, 0.717) is 12.5 Å². The molecule has 2 unspecified atom stereocenters. The average Bonchev–Trinajstić information content (AvgIpc) is 2.51. The molecule has 0 radical (unpaired) electrons. The van der Waals surface area contributed by atoms with Gasteiger partial charge >= 0.3 is 0 Å². The predicted molar refractivity (Wildman–Crippen MR) is 89.6 cm³/mol. The number of rotatable bonds is 7. The van der Waals surface area contributed by atoms with Crippen LogP contribution in [0.4, 0.5) is 5.69 Å². The van der Waals surface area contributed by atoms with Crippen molar-refractivity contribution in [1.29, 1.82) is 0 Å². The summed E-state index contributed by atoms with van der Waals surface area (Å²) in [5.41, 5.74) is 1.13. The Balaban J connectivity index is 1.93. The molecule has 0 bridgehead atoms. The van der Waals surface area contributed by atoms with Gasteiger partial charge < -0.3 is 19.5 Å². The molecular weight excluding hydrogens is 278 g/mol. The second kappa shape index (κ2) is 8.39. The molecule has 4 heteroatoms. The molecule has 1 heterocycles. The maximum absolute atomic E-state index is 9.94. The molecule has 1 aliphatic rings. The van der Waals surface area contributed by atoms with Crippen LogP contribution < -0.4 is 9.64 Å². The minimum Gasteiger partial charge on any atom is -0.489 e. The summed E-state index contributed by atoms with van der Waals surface area (Å²) in [6.07, 6.45) is 2.04. The van der Waals surface area contributed by atoms with Gasteiger partial charge in [-0.15, -0.1) is 0 Å². The summed E-state index contributed by atoms with van der Waals surface area (Å²) in [5.74, 6) is 1.56. The van der Waals surface area contributed by atoms with Crippen LogP contribution in [0.1, 0.15) is 33.6 Å². The smallest absolute Gasteiger partial charge is 0.142 e. The van der Waals surface area contributed by atoms with Gasteiger partial charge in [0, 0.05) is 13.1 Å². The lowest BCUT2D eigenvalue weighted by atomic mass is 9.99. The molecule has 2 atom stereocenters. The normalized spacial score (nSPS) is 20.2. The minimum atomic E-state index is -0.601. The Morgan fingerprint density at radius 1 is 1.27 bits per heavy atom. The van der Waals surface area contributed by atoms with E-state index in [4.69, 9.17) is 9.47 Å². The summed E-state index contributed by atoms with van der Waals surface area (Å²) in [7, 11) is 0. The van der Waals surface area contributed by atoms with Gasteiger partial charge in [-0.1, -0.05) is 19.1 Å². The molecule has 0 amide bonds. The minimum absolute atomic E-state index is 0.122. The summed E-state index contributed by atoms with van der Waals surface area (Å²) in [4.78, 5) is 2.39. The Labute approximate surface area is 134 Å². The number of hydrogen-bond acceptors (Lipinski definition) is 4. The van der Waals surface area contributed by atoms with Crippen LogP contribution in [0.3, 0.4) is 0 Å². The zero-order valence-electron chi connectivity index (χ0n) is 14.0. The van der Waals surface area contributed by atoms with Crippen LogP contribution in [0, 0.1) is 5.92 Å². The van der Waals surface area contributed by atoms with Crippen molar-refractivity contribution in [3.05, 3.63) is 24.3 Å². The van der Waals surface area contributed by atoms with Gasteiger partial charge in [-0.3, -0.25) is 0 Å². The Bertz CT molecular complexity index is 450. The molecule has 1 aromatic carbocycles. The third kappa shape index (κ3) is 5.18.